The van der Waals surface area contributed by atoms with Crippen molar-refractivity contribution >= 4 is 9.84 Å². The number of sulfone groups is 1. The van der Waals surface area contributed by atoms with Crippen LogP contribution in [0.4, 0.5) is 4.39 Å². The van der Waals surface area contributed by atoms with E-state index in [0.717, 1.165) is 24.9 Å². The molecule has 1 rings (SSSR count). The van der Waals surface area contributed by atoms with Crippen LogP contribution in [0.25, 0.3) is 0 Å². The Labute approximate surface area is 115 Å². The molecule has 1 unspecified atom stereocenters. The normalized spacial score (nSPS) is 13.4. The van der Waals surface area contributed by atoms with Gasteiger partial charge in [0.1, 0.15) is 15.7 Å². The van der Waals surface area contributed by atoms with E-state index in [4.69, 9.17) is 0 Å². The zero-order valence-corrected chi connectivity index (χ0v) is 12.3. The molecule has 19 heavy (non-hydrogen) atoms. The van der Waals surface area contributed by atoms with Gasteiger partial charge in [0.2, 0.25) is 0 Å². The molecule has 0 radical (unpaired) electrons. The van der Waals surface area contributed by atoms with Gasteiger partial charge in [-0.3, -0.25) is 0 Å². The maximum Gasteiger partial charge on any atom is 0.147 e. The van der Waals surface area contributed by atoms with E-state index in [-0.39, 0.29) is 17.6 Å². The van der Waals surface area contributed by atoms with Gasteiger partial charge in [-0.1, -0.05) is 19.1 Å². The molecule has 5 heteroatoms. The van der Waals surface area contributed by atoms with Crippen LogP contribution in [0.3, 0.4) is 0 Å². The Morgan fingerprint density at radius 3 is 2.68 bits per heavy atom. The second-order valence-electron chi connectivity index (χ2n) is 4.86. The third kappa shape index (κ3) is 7.28. The maximum absolute atomic E-state index is 13.1. The molecule has 0 aromatic heterocycles. The third-order valence-corrected chi connectivity index (χ3v) is 3.96. The molecule has 108 valence electrons. The molecule has 0 fully saturated rings. The summed E-state index contributed by atoms with van der Waals surface area (Å²) in [5, 5.41) is 3.32. The number of rotatable bonds is 8. The topological polar surface area (TPSA) is 46.2 Å². The van der Waals surface area contributed by atoms with Crippen LogP contribution in [0.5, 0.6) is 0 Å². The molecular weight excluding hydrogens is 265 g/mol. The number of hydrogen-bond acceptors (Lipinski definition) is 3. The molecule has 0 bridgehead atoms. The van der Waals surface area contributed by atoms with E-state index in [2.05, 4.69) is 5.32 Å². The average molecular weight is 287 g/mol. The van der Waals surface area contributed by atoms with E-state index in [0.29, 0.717) is 6.42 Å². The Kier molecular flexibility index (Phi) is 6.45. The first-order valence-corrected chi connectivity index (χ1v) is 8.62. The summed E-state index contributed by atoms with van der Waals surface area (Å²) in [4.78, 5) is 0. The van der Waals surface area contributed by atoms with Crippen molar-refractivity contribution in [2.45, 2.75) is 32.2 Å². The van der Waals surface area contributed by atoms with Crippen LogP contribution in [-0.4, -0.2) is 33.0 Å². The standard InChI is InChI=1S/C14H22FNO2S/c1-3-16-14(8-5-9-19(2,17)18)11-12-6-4-7-13(15)10-12/h4,6-7,10,14,16H,3,5,8-9,11H2,1-2H3. The summed E-state index contributed by atoms with van der Waals surface area (Å²) in [7, 11) is -2.90. The van der Waals surface area contributed by atoms with Crippen LogP contribution >= 0.6 is 0 Å². The highest BCUT2D eigenvalue weighted by Crippen LogP contribution is 2.10. The van der Waals surface area contributed by atoms with Crippen LogP contribution in [-0.2, 0) is 16.3 Å². The van der Waals surface area contributed by atoms with Crippen molar-refractivity contribution in [2.24, 2.45) is 0 Å². The van der Waals surface area contributed by atoms with Crippen molar-refractivity contribution in [2.75, 3.05) is 18.6 Å². The third-order valence-electron chi connectivity index (χ3n) is 2.93. The Morgan fingerprint density at radius 2 is 2.11 bits per heavy atom. The van der Waals surface area contributed by atoms with Gasteiger partial charge < -0.3 is 5.32 Å². The number of likely N-dealkylation sites (N-methyl/N-ethyl adjacent to an activating group) is 1. The van der Waals surface area contributed by atoms with Gasteiger partial charge in [0.05, 0.1) is 0 Å². The molecule has 0 heterocycles. The number of halogens is 1. The maximum atomic E-state index is 13.1. The Balaban J connectivity index is 2.52. The van der Waals surface area contributed by atoms with Crippen molar-refractivity contribution < 1.29 is 12.8 Å². The molecule has 1 N–H and O–H groups in total. The first-order chi connectivity index (χ1) is 8.90. The predicted molar refractivity (Wildman–Crippen MR) is 76.5 cm³/mol. The summed E-state index contributed by atoms with van der Waals surface area (Å²) in [6.07, 6.45) is 3.38. The summed E-state index contributed by atoms with van der Waals surface area (Å²) in [6, 6.07) is 6.73. The van der Waals surface area contributed by atoms with E-state index < -0.39 is 9.84 Å². The molecule has 3 nitrogen and oxygen atoms in total. The molecule has 0 aliphatic carbocycles. The van der Waals surface area contributed by atoms with E-state index in [9.17, 15) is 12.8 Å². The quantitative estimate of drug-likeness (QED) is 0.797. The molecule has 0 aliphatic heterocycles. The SMILES string of the molecule is CCNC(CCCS(C)(=O)=O)Cc1cccc(F)c1. The van der Waals surface area contributed by atoms with Crippen LogP contribution < -0.4 is 5.32 Å². The molecule has 0 spiro atoms. The van der Waals surface area contributed by atoms with Crippen LogP contribution in [0.2, 0.25) is 0 Å². The lowest BCUT2D eigenvalue weighted by molar-refractivity contribution is 0.483. The van der Waals surface area contributed by atoms with Gasteiger partial charge in [-0.05, 0) is 43.5 Å². The van der Waals surface area contributed by atoms with Crippen LogP contribution in [0.15, 0.2) is 24.3 Å². The van der Waals surface area contributed by atoms with E-state index in [1.165, 1.54) is 18.4 Å². The zero-order chi connectivity index (χ0) is 14.3. The fourth-order valence-electron chi connectivity index (χ4n) is 2.11. The van der Waals surface area contributed by atoms with Crippen molar-refractivity contribution in [3.63, 3.8) is 0 Å². The number of nitrogens with one attached hydrogen (secondary N) is 1. The molecule has 0 saturated heterocycles. The van der Waals surface area contributed by atoms with Crippen molar-refractivity contribution in [1.29, 1.82) is 0 Å². The highest BCUT2D eigenvalue weighted by atomic mass is 32.2. The van der Waals surface area contributed by atoms with Crippen LogP contribution in [0, 0.1) is 5.82 Å². The first kappa shape index (κ1) is 16.1. The summed E-state index contributed by atoms with van der Waals surface area (Å²) >= 11 is 0. The fourth-order valence-corrected chi connectivity index (χ4v) is 2.80. The Hall–Kier alpha value is -0.940. The van der Waals surface area contributed by atoms with Gasteiger partial charge in [0, 0.05) is 18.1 Å². The van der Waals surface area contributed by atoms with Gasteiger partial charge in [0.25, 0.3) is 0 Å². The molecule has 0 amide bonds. The van der Waals surface area contributed by atoms with Gasteiger partial charge in [-0.2, -0.15) is 0 Å². The highest BCUT2D eigenvalue weighted by Gasteiger charge is 2.10. The fraction of sp³-hybridized carbons (Fsp3) is 0.571. The predicted octanol–water partition coefficient (Wildman–Crippen LogP) is 2.17. The van der Waals surface area contributed by atoms with E-state index in [1.807, 2.05) is 13.0 Å². The lowest BCUT2D eigenvalue weighted by Crippen LogP contribution is -2.31. The van der Waals surface area contributed by atoms with Crippen molar-refractivity contribution in [1.82, 2.24) is 5.32 Å². The lowest BCUT2D eigenvalue weighted by atomic mass is 10.0. The molecule has 1 aromatic carbocycles. The number of hydrogen-bond donors (Lipinski definition) is 1. The first-order valence-electron chi connectivity index (χ1n) is 6.56. The lowest BCUT2D eigenvalue weighted by Gasteiger charge is -2.17. The smallest absolute Gasteiger partial charge is 0.147 e. The second kappa shape index (κ2) is 7.60. The number of benzene rings is 1. The monoisotopic (exact) mass is 287 g/mol. The van der Waals surface area contributed by atoms with Gasteiger partial charge >= 0.3 is 0 Å². The van der Waals surface area contributed by atoms with Gasteiger partial charge in [0.15, 0.2) is 0 Å². The van der Waals surface area contributed by atoms with Crippen molar-refractivity contribution in [3.05, 3.63) is 35.6 Å². The summed E-state index contributed by atoms with van der Waals surface area (Å²) in [5.41, 5.74) is 0.935. The highest BCUT2D eigenvalue weighted by molar-refractivity contribution is 7.90. The molecule has 0 aliphatic rings. The summed E-state index contributed by atoms with van der Waals surface area (Å²) in [6.45, 7) is 2.83. The summed E-state index contributed by atoms with van der Waals surface area (Å²) in [5.74, 6) is -0.0261. The summed E-state index contributed by atoms with van der Waals surface area (Å²) < 4.78 is 35.3. The zero-order valence-electron chi connectivity index (χ0n) is 11.5. The largest absolute Gasteiger partial charge is 0.314 e. The minimum absolute atomic E-state index is 0.188. The van der Waals surface area contributed by atoms with Gasteiger partial charge in [-0.25, -0.2) is 12.8 Å². The van der Waals surface area contributed by atoms with E-state index in [1.54, 1.807) is 6.07 Å². The Bertz CT molecular complexity index is 488. The molecule has 0 saturated carbocycles. The Morgan fingerprint density at radius 1 is 1.37 bits per heavy atom. The molecule has 1 aromatic rings. The van der Waals surface area contributed by atoms with Crippen LogP contribution in [0.1, 0.15) is 25.3 Å². The second-order valence-corrected chi connectivity index (χ2v) is 7.12. The minimum atomic E-state index is -2.90. The molecular formula is C14H22FNO2S. The van der Waals surface area contributed by atoms with Crippen molar-refractivity contribution in [3.8, 4) is 0 Å². The average Bonchev–Trinajstić information content (AvgIpc) is 2.27. The molecule has 1 atom stereocenters. The minimum Gasteiger partial charge on any atom is -0.314 e. The van der Waals surface area contributed by atoms with E-state index >= 15 is 0 Å². The van der Waals surface area contributed by atoms with Gasteiger partial charge in [-0.15, -0.1) is 0 Å².